The summed E-state index contributed by atoms with van der Waals surface area (Å²) in [5.41, 5.74) is 0. The van der Waals surface area contributed by atoms with Gasteiger partial charge in [-0.1, -0.05) is 19.3 Å². The molecular formula is C12H18O. The Morgan fingerprint density at radius 2 is 1.69 bits per heavy atom. The third-order valence-electron chi connectivity index (χ3n) is 3.94. The molecular weight excluding hydrogens is 160 g/mol. The largest absolute Gasteiger partial charge is 0.459 e. The predicted molar refractivity (Wildman–Crippen MR) is 52.0 cm³/mol. The average molecular weight is 178 g/mol. The van der Waals surface area contributed by atoms with Gasteiger partial charge in [0.05, 0.1) is 0 Å². The lowest BCUT2D eigenvalue weighted by Gasteiger charge is -2.29. The third-order valence-corrected chi connectivity index (χ3v) is 3.94. The monoisotopic (exact) mass is 178 g/mol. The Labute approximate surface area is 80.2 Å². The summed E-state index contributed by atoms with van der Waals surface area (Å²) >= 11 is 0. The first-order valence-corrected chi connectivity index (χ1v) is 5.86. The second-order valence-corrected chi connectivity index (χ2v) is 4.79. The zero-order valence-corrected chi connectivity index (χ0v) is 8.22. The lowest BCUT2D eigenvalue weighted by Crippen LogP contribution is -2.19. The number of hydrogen-bond donors (Lipinski definition) is 0. The van der Waals surface area contributed by atoms with Crippen LogP contribution in [0.1, 0.15) is 51.4 Å². The Morgan fingerprint density at radius 3 is 2.62 bits per heavy atom. The van der Waals surface area contributed by atoms with Crippen molar-refractivity contribution in [2.75, 3.05) is 0 Å². The summed E-state index contributed by atoms with van der Waals surface area (Å²) in [5, 5.41) is 0. The molecule has 0 saturated heterocycles. The van der Waals surface area contributed by atoms with Crippen LogP contribution in [0.3, 0.4) is 0 Å². The quantitative estimate of drug-likeness (QED) is 0.552. The van der Waals surface area contributed by atoms with E-state index in [2.05, 4.69) is 0 Å². The van der Waals surface area contributed by atoms with Gasteiger partial charge in [0.25, 0.3) is 0 Å². The highest BCUT2D eigenvalue weighted by atomic mass is 16.6. The maximum atomic E-state index is 5.64. The fourth-order valence-electron chi connectivity index (χ4n) is 3.15. The number of allylic oxidation sites excluding steroid dienone is 2. The lowest BCUT2D eigenvalue weighted by atomic mass is 9.75. The molecule has 0 spiro atoms. The summed E-state index contributed by atoms with van der Waals surface area (Å²) in [6.45, 7) is 0. The predicted octanol–water partition coefficient (Wildman–Crippen LogP) is 3.61. The van der Waals surface area contributed by atoms with Crippen LogP contribution < -0.4 is 0 Å². The molecule has 0 N–H and O–H groups in total. The average Bonchev–Trinajstić information content (AvgIpc) is 2.88. The van der Waals surface area contributed by atoms with Gasteiger partial charge >= 0.3 is 0 Å². The van der Waals surface area contributed by atoms with Gasteiger partial charge in [-0.05, 0) is 31.6 Å². The van der Waals surface area contributed by atoms with Gasteiger partial charge < -0.3 is 4.74 Å². The minimum absolute atomic E-state index is 0.837. The Hall–Kier alpha value is -0.460. The van der Waals surface area contributed by atoms with Crippen molar-refractivity contribution in [3.05, 3.63) is 11.5 Å². The van der Waals surface area contributed by atoms with Crippen LogP contribution in [0.5, 0.6) is 0 Å². The highest BCUT2D eigenvalue weighted by molar-refractivity contribution is 5.22. The summed E-state index contributed by atoms with van der Waals surface area (Å²) in [4.78, 5) is 0. The summed E-state index contributed by atoms with van der Waals surface area (Å²) in [5.74, 6) is 4.60. The van der Waals surface area contributed by atoms with E-state index in [1.165, 1.54) is 62.9 Å². The molecule has 1 aliphatic heterocycles. The van der Waals surface area contributed by atoms with Crippen molar-refractivity contribution in [1.82, 2.24) is 0 Å². The molecule has 2 aliphatic carbocycles. The van der Waals surface area contributed by atoms with E-state index in [9.17, 15) is 0 Å². The van der Waals surface area contributed by atoms with E-state index in [0.29, 0.717) is 0 Å². The van der Waals surface area contributed by atoms with E-state index in [1.807, 2.05) is 0 Å². The fourth-order valence-corrected chi connectivity index (χ4v) is 3.15. The summed E-state index contributed by atoms with van der Waals surface area (Å²) in [7, 11) is 0. The van der Waals surface area contributed by atoms with Crippen LogP contribution in [0.2, 0.25) is 0 Å². The van der Waals surface area contributed by atoms with Crippen LogP contribution in [0.15, 0.2) is 11.5 Å². The van der Waals surface area contributed by atoms with Gasteiger partial charge in [0, 0.05) is 12.3 Å². The Balaban J connectivity index is 1.80. The number of ether oxygens (including phenoxy) is 1. The Bertz CT molecular complexity index is 242. The molecule has 1 fully saturated rings. The Morgan fingerprint density at radius 1 is 0.923 bits per heavy atom. The molecule has 1 heteroatoms. The SMILES string of the molecule is C1CCC2CCCCC2C2=C(C1)O2. The van der Waals surface area contributed by atoms with Crippen LogP contribution in [0.25, 0.3) is 0 Å². The normalized spacial score (nSPS) is 38.2. The first kappa shape index (κ1) is 7.90. The molecule has 1 saturated carbocycles. The van der Waals surface area contributed by atoms with E-state index in [1.54, 1.807) is 0 Å². The van der Waals surface area contributed by atoms with Gasteiger partial charge in [0.1, 0.15) is 11.5 Å². The maximum Gasteiger partial charge on any atom is 0.145 e. The first-order valence-electron chi connectivity index (χ1n) is 5.86. The molecule has 0 aromatic carbocycles. The van der Waals surface area contributed by atoms with Crippen molar-refractivity contribution >= 4 is 0 Å². The molecule has 0 aromatic heterocycles. The van der Waals surface area contributed by atoms with Crippen molar-refractivity contribution in [2.24, 2.45) is 11.8 Å². The second-order valence-electron chi connectivity index (χ2n) is 4.79. The number of fused-ring (bicyclic) bond motifs is 2. The molecule has 3 aliphatic rings. The van der Waals surface area contributed by atoms with Crippen molar-refractivity contribution in [3.8, 4) is 0 Å². The van der Waals surface area contributed by atoms with Gasteiger partial charge in [-0.25, -0.2) is 0 Å². The Kier molecular flexibility index (Phi) is 1.85. The molecule has 2 atom stereocenters. The van der Waals surface area contributed by atoms with Crippen LogP contribution in [-0.2, 0) is 4.74 Å². The van der Waals surface area contributed by atoms with E-state index in [-0.39, 0.29) is 0 Å². The van der Waals surface area contributed by atoms with Gasteiger partial charge in [0.15, 0.2) is 0 Å². The van der Waals surface area contributed by atoms with Gasteiger partial charge in [-0.15, -0.1) is 0 Å². The minimum Gasteiger partial charge on any atom is -0.459 e. The van der Waals surface area contributed by atoms with E-state index in [4.69, 9.17) is 4.74 Å². The highest BCUT2D eigenvalue weighted by Gasteiger charge is 2.39. The fraction of sp³-hybridized carbons (Fsp3) is 0.833. The molecule has 1 nitrogen and oxygen atoms in total. The van der Waals surface area contributed by atoms with Crippen LogP contribution in [0, 0.1) is 11.8 Å². The summed E-state index contributed by atoms with van der Waals surface area (Å²) in [6, 6.07) is 0. The zero-order chi connectivity index (χ0) is 8.67. The van der Waals surface area contributed by atoms with E-state index in [0.717, 1.165) is 11.8 Å². The van der Waals surface area contributed by atoms with Gasteiger partial charge in [-0.2, -0.15) is 0 Å². The number of rotatable bonds is 0. The standard InChI is InChI=1S/C12H18O/c1-3-7-10-9(5-1)6-2-4-8-11-12(10)13-11/h9-10H,1-8H2. The summed E-state index contributed by atoms with van der Waals surface area (Å²) < 4.78 is 5.64. The van der Waals surface area contributed by atoms with Crippen molar-refractivity contribution in [1.29, 1.82) is 0 Å². The van der Waals surface area contributed by atoms with Crippen molar-refractivity contribution < 1.29 is 4.74 Å². The van der Waals surface area contributed by atoms with Gasteiger partial charge in [-0.3, -0.25) is 0 Å². The van der Waals surface area contributed by atoms with Gasteiger partial charge in [0.2, 0.25) is 0 Å². The zero-order valence-electron chi connectivity index (χ0n) is 8.22. The molecule has 0 amide bonds. The number of hydrogen-bond acceptors (Lipinski definition) is 1. The molecule has 0 radical (unpaired) electrons. The molecule has 0 aromatic rings. The van der Waals surface area contributed by atoms with Crippen LogP contribution >= 0.6 is 0 Å². The van der Waals surface area contributed by atoms with E-state index < -0.39 is 0 Å². The molecule has 13 heavy (non-hydrogen) atoms. The van der Waals surface area contributed by atoms with Crippen molar-refractivity contribution in [3.63, 3.8) is 0 Å². The van der Waals surface area contributed by atoms with Crippen molar-refractivity contribution in [2.45, 2.75) is 51.4 Å². The summed E-state index contributed by atoms with van der Waals surface area (Å²) in [6.07, 6.45) is 11.3. The molecule has 0 bridgehead atoms. The van der Waals surface area contributed by atoms with Crippen LogP contribution in [0.4, 0.5) is 0 Å². The van der Waals surface area contributed by atoms with E-state index >= 15 is 0 Å². The topological polar surface area (TPSA) is 12.5 Å². The molecule has 72 valence electrons. The lowest BCUT2D eigenvalue weighted by molar-refractivity contribution is 0.228. The first-order chi connectivity index (χ1) is 6.45. The maximum absolute atomic E-state index is 5.64. The molecule has 2 unspecified atom stereocenters. The highest BCUT2D eigenvalue weighted by Crippen LogP contribution is 2.48. The minimum atomic E-state index is 0.837. The molecule has 1 heterocycles. The third kappa shape index (κ3) is 1.38. The molecule has 3 rings (SSSR count). The van der Waals surface area contributed by atoms with Crippen LogP contribution in [-0.4, -0.2) is 0 Å². The second kappa shape index (κ2) is 3.04. The smallest absolute Gasteiger partial charge is 0.145 e.